The van der Waals surface area contributed by atoms with E-state index in [-0.39, 0.29) is 9.23 Å². The fourth-order valence-corrected chi connectivity index (χ4v) is 5.26. The van der Waals surface area contributed by atoms with Gasteiger partial charge in [-0.25, -0.2) is 0 Å². The Labute approximate surface area is 232 Å². The predicted molar refractivity (Wildman–Crippen MR) is 138 cm³/mol. The lowest BCUT2D eigenvalue weighted by Crippen LogP contribution is -2.66. The summed E-state index contributed by atoms with van der Waals surface area (Å²) in [7, 11) is 0. The average Bonchev–Trinajstić information content (AvgIpc) is 3.08. The molecule has 2 saturated heterocycles. The van der Waals surface area contributed by atoms with Crippen LogP contribution in [-0.4, -0.2) is 76.3 Å². The van der Waals surface area contributed by atoms with Crippen molar-refractivity contribution in [2.75, 3.05) is 6.61 Å². The summed E-state index contributed by atoms with van der Waals surface area (Å²) in [6.45, 7) is 4.07. The Hall–Kier alpha value is -3.00. The highest BCUT2D eigenvalue weighted by molar-refractivity contribution is 8.26. The number of hydrogen-bond donors (Lipinski definition) is 0. The third kappa shape index (κ3) is 7.31. The highest BCUT2D eigenvalue weighted by atomic mass is 35.5. The molecular weight excluding hydrogens is 562 g/mol. The van der Waals surface area contributed by atoms with Gasteiger partial charge in [-0.1, -0.05) is 47.7 Å². The number of esters is 4. The summed E-state index contributed by atoms with van der Waals surface area (Å²) in [4.78, 5) is 62.3. The number of benzene rings is 1. The molecule has 2 aliphatic rings. The summed E-state index contributed by atoms with van der Waals surface area (Å²) in [6, 6.07) is 6.74. The van der Waals surface area contributed by atoms with Crippen molar-refractivity contribution in [2.24, 2.45) is 0 Å². The lowest BCUT2D eigenvalue weighted by molar-refractivity contribution is -0.268. The second-order valence-electron chi connectivity index (χ2n) is 8.19. The fraction of sp³-hybridized carbons (Fsp3) is 0.417. The van der Waals surface area contributed by atoms with Gasteiger partial charge in [0, 0.05) is 32.7 Å². The van der Waals surface area contributed by atoms with Crippen LogP contribution in [0.2, 0.25) is 5.02 Å². The van der Waals surface area contributed by atoms with Crippen LogP contribution >= 0.6 is 35.6 Å². The lowest BCUT2D eigenvalue weighted by atomic mass is 9.96. The molecule has 0 spiro atoms. The maximum Gasteiger partial charge on any atom is 0.303 e. The number of ether oxygens (including phenoxy) is 5. The minimum atomic E-state index is -1.45. The van der Waals surface area contributed by atoms with Crippen molar-refractivity contribution in [2.45, 2.75) is 58.3 Å². The maximum atomic E-state index is 13.5. The van der Waals surface area contributed by atoms with Crippen molar-refractivity contribution in [1.82, 2.24) is 4.90 Å². The molecule has 0 saturated carbocycles. The van der Waals surface area contributed by atoms with Gasteiger partial charge < -0.3 is 23.7 Å². The van der Waals surface area contributed by atoms with Gasteiger partial charge in [0.25, 0.3) is 5.91 Å². The van der Waals surface area contributed by atoms with Crippen LogP contribution in [0.3, 0.4) is 0 Å². The van der Waals surface area contributed by atoms with E-state index in [4.69, 9.17) is 47.5 Å². The molecule has 204 valence electrons. The summed E-state index contributed by atoms with van der Waals surface area (Å²) in [5, 5.41) is 0.521. The van der Waals surface area contributed by atoms with E-state index in [1.54, 1.807) is 30.3 Å². The van der Waals surface area contributed by atoms with E-state index in [1.165, 1.54) is 0 Å². The monoisotopic (exact) mass is 585 g/mol. The van der Waals surface area contributed by atoms with Crippen LogP contribution in [0.15, 0.2) is 29.2 Å². The Balaban J connectivity index is 2.04. The van der Waals surface area contributed by atoms with Gasteiger partial charge in [-0.2, -0.15) is 0 Å². The average molecular weight is 586 g/mol. The van der Waals surface area contributed by atoms with Gasteiger partial charge in [0.15, 0.2) is 28.9 Å². The van der Waals surface area contributed by atoms with Crippen molar-refractivity contribution >= 4 is 75.8 Å². The first kappa shape index (κ1) is 29.6. The SMILES string of the molecule is CC(=O)OC[C@@H]1O[C@@H](N2C(=O)/C(=C\c3ccc(Cl)cc3)SC2=S)[C@@H](OC(C)=O)[C@@H](OC(C)=O)[C@@H]1OC(C)=O. The van der Waals surface area contributed by atoms with Gasteiger partial charge in [-0.15, -0.1) is 0 Å². The number of carbonyl (C=O) groups excluding carboxylic acids is 5. The molecule has 1 aromatic rings. The minimum absolute atomic E-state index is 0.0658. The molecule has 1 amide bonds. The van der Waals surface area contributed by atoms with E-state index < -0.39 is 67.0 Å². The third-order valence-corrected chi connectivity index (χ3v) is 6.79. The Morgan fingerprint density at radius 3 is 2.05 bits per heavy atom. The molecule has 2 heterocycles. The summed E-state index contributed by atoms with van der Waals surface area (Å²) in [6.07, 6.45) is -5.26. The number of halogens is 1. The van der Waals surface area contributed by atoms with Crippen LogP contribution in [0.4, 0.5) is 0 Å². The molecule has 1 aromatic carbocycles. The standard InChI is InChI=1S/C24H24ClNO10S2/c1-11(27)32-10-17-19(33-12(2)28)20(34-13(3)29)21(35-14(4)30)23(36-17)26-22(31)18(38-24(26)37)9-15-5-7-16(25)8-6-15/h5-9,17,19-21,23H,10H2,1-4H3/b18-9+/t17-,19+,20-,21-,23+/m0/s1. The normalized spacial score (nSPS) is 26.2. The van der Waals surface area contributed by atoms with Crippen molar-refractivity contribution in [1.29, 1.82) is 0 Å². The molecule has 3 rings (SSSR count). The quantitative estimate of drug-likeness (QED) is 0.201. The van der Waals surface area contributed by atoms with Crippen LogP contribution < -0.4 is 0 Å². The molecule has 38 heavy (non-hydrogen) atoms. The maximum absolute atomic E-state index is 13.5. The Morgan fingerprint density at radius 1 is 0.947 bits per heavy atom. The second kappa shape index (κ2) is 12.7. The molecule has 0 aliphatic carbocycles. The minimum Gasteiger partial charge on any atom is -0.463 e. The van der Waals surface area contributed by atoms with E-state index in [9.17, 15) is 24.0 Å². The van der Waals surface area contributed by atoms with E-state index >= 15 is 0 Å². The van der Waals surface area contributed by atoms with Crippen molar-refractivity contribution < 1.29 is 47.7 Å². The highest BCUT2D eigenvalue weighted by Crippen LogP contribution is 2.39. The number of rotatable bonds is 7. The van der Waals surface area contributed by atoms with Gasteiger partial charge in [0.05, 0.1) is 4.91 Å². The van der Waals surface area contributed by atoms with E-state index in [1.807, 2.05) is 0 Å². The zero-order chi connectivity index (χ0) is 28.1. The van der Waals surface area contributed by atoms with E-state index in [0.29, 0.717) is 10.6 Å². The molecule has 2 aliphatic heterocycles. The van der Waals surface area contributed by atoms with Gasteiger partial charge in [0.1, 0.15) is 12.7 Å². The van der Waals surface area contributed by atoms with Crippen LogP contribution in [0.1, 0.15) is 33.3 Å². The second-order valence-corrected chi connectivity index (χ2v) is 10.3. The largest absolute Gasteiger partial charge is 0.463 e. The summed E-state index contributed by atoms with van der Waals surface area (Å²) < 4.78 is 27.4. The highest BCUT2D eigenvalue weighted by Gasteiger charge is 2.56. The number of amides is 1. The van der Waals surface area contributed by atoms with Gasteiger partial charge in [-0.05, 0) is 23.8 Å². The molecule has 11 nitrogen and oxygen atoms in total. The number of carbonyl (C=O) groups is 5. The fourth-order valence-electron chi connectivity index (χ4n) is 3.82. The first-order valence-corrected chi connectivity index (χ1v) is 12.8. The molecule has 5 atom stereocenters. The smallest absolute Gasteiger partial charge is 0.303 e. The summed E-state index contributed by atoms with van der Waals surface area (Å²) in [5.74, 6) is -3.57. The molecule has 14 heteroatoms. The van der Waals surface area contributed by atoms with Crippen LogP contribution in [0.5, 0.6) is 0 Å². The molecule has 0 unspecified atom stereocenters. The van der Waals surface area contributed by atoms with Crippen molar-refractivity contribution in [3.8, 4) is 0 Å². The summed E-state index contributed by atoms with van der Waals surface area (Å²) in [5.41, 5.74) is 0.677. The number of thiocarbonyl (C=S) groups is 1. The molecule has 2 fully saturated rings. The van der Waals surface area contributed by atoms with E-state index in [2.05, 4.69) is 0 Å². The zero-order valence-corrected chi connectivity index (χ0v) is 23.1. The molecule has 0 N–H and O–H groups in total. The Kier molecular flexibility index (Phi) is 9.88. The van der Waals surface area contributed by atoms with Gasteiger partial charge >= 0.3 is 23.9 Å². The first-order valence-electron chi connectivity index (χ1n) is 11.2. The molecule has 0 radical (unpaired) electrons. The van der Waals surface area contributed by atoms with Gasteiger partial charge in [-0.3, -0.25) is 28.9 Å². The number of thioether (sulfide) groups is 1. The first-order chi connectivity index (χ1) is 17.9. The Morgan fingerprint density at radius 2 is 1.50 bits per heavy atom. The topological polar surface area (TPSA) is 135 Å². The van der Waals surface area contributed by atoms with E-state index in [0.717, 1.165) is 44.4 Å². The zero-order valence-electron chi connectivity index (χ0n) is 20.7. The molecular formula is C24H24ClNO10S2. The Bertz CT molecular complexity index is 1170. The molecule has 0 aromatic heterocycles. The van der Waals surface area contributed by atoms with Crippen LogP contribution in [0.25, 0.3) is 6.08 Å². The predicted octanol–water partition coefficient (Wildman–Crippen LogP) is 2.62. The third-order valence-electron chi connectivity index (χ3n) is 5.21. The van der Waals surface area contributed by atoms with Gasteiger partial charge in [0.2, 0.25) is 0 Å². The van der Waals surface area contributed by atoms with Crippen LogP contribution in [0, 0.1) is 0 Å². The number of hydrogen-bond acceptors (Lipinski definition) is 12. The lowest BCUT2D eigenvalue weighted by Gasteiger charge is -2.46. The van der Waals surface area contributed by atoms with Crippen molar-refractivity contribution in [3.63, 3.8) is 0 Å². The number of nitrogens with zero attached hydrogens (tertiary/aromatic N) is 1. The summed E-state index contributed by atoms with van der Waals surface area (Å²) >= 11 is 12.4. The van der Waals surface area contributed by atoms with Crippen LogP contribution in [-0.2, 0) is 47.7 Å². The molecule has 0 bridgehead atoms. The van der Waals surface area contributed by atoms with Crippen molar-refractivity contribution in [3.05, 3.63) is 39.8 Å².